The summed E-state index contributed by atoms with van der Waals surface area (Å²) < 4.78 is 0. The van der Waals surface area contributed by atoms with Gasteiger partial charge in [-0.05, 0) is 25.2 Å². The Kier molecular flexibility index (Phi) is 4.90. The molecule has 4 fully saturated rings. The van der Waals surface area contributed by atoms with Gasteiger partial charge in [0.2, 0.25) is 11.8 Å². The fraction of sp³-hybridized carbons (Fsp3) is 0.700. The summed E-state index contributed by atoms with van der Waals surface area (Å²) in [6.07, 6.45) is 8.79. The van der Waals surface area contributed by atoms with Crippen molar-refractivity contribution in [2.24, 2.45) is 11.8 Å². The number of fused-ring (bicyclic) bond motifs is 4. The molecule has 1 aromatic heterocycles. The largest absolute Gasteiger partial charge is 0.355 e. The number of nitrogens with zero attached hydrogens (tertiary/aromatic N) is 5. The van der Waals surface area contributed by atoms with E-state index in [2.05, 4.69) is 14.9 Å². The monoisotopic (exact) mass is 401 g/mol. The molecule has 1 aromatic rings. The van der Waals surface area contributed by atoms with Crippen molar-refractivity contribution in [3.8, 4) is 0 Å². The van der Waals surface area contributed by atoms with Crippen molar-refractivity contribution in [2.45, 2.75) is 37.8 Å². The molecule has 8 heteroatoms. The van der Waals surface area contributed by atoms with Crippen LogP contribution in [-0.2, 0) is 9.59 Å². The number of aromatic nitrogens is 2. The Labute approximate surface area is 169 Å². The van der Waals surface area contributed by atoms with Gasteiger partial charge in [-0.25, -0.2) is 4.98 Å². The molecular formula is C20H27N5O2S. The molecule has 2 bridgehead atoms. The summed E-state index contributed by atoms with van der Waals surface area (Å²) in [5.41, 5.74) is 0. The number of rotatable bonds is 2. The van der Waals surface area contributed by atoms with Gasteiger partial charge in [-0.2, -0.15) is 11.8 Å². The van der Waals surface area contributed by atoms with Crippen LogP contribution in [0.2, 0.25) is 0 Å². The van der Waals surface area contributed by atoms with Crippen LogP contribution < -0.4 is 4.90 Å². The third kappa shape index (κ3) is 3.15. The first-order chi connectivity index (χ1) is 13.7. The Bertz CT molecular complexity index is 741. The van der Waals surface area contributed by atoms with Gasteiger partial charge in [0.05, 0.1) is 6.20 Å². The minimum absolute atomic E-state index is 0.168. The van der Waals surface area contributed by atoms with Crippen molar-refractivity contribution in [3.05, 3.63) is 18.6 Å². The molecule has 4 atom stereocenters. The van der Waals surface area contributed by atoms with Gasteiger partial charge in [0.1, 0.15) is 11.9 Å². The molecule has 0 aliphatic carbocycles. The first-order valence-corrected chi connectivity index (χ1v) is 11.6. The molecule has 0 unspecified atom stereocenters. The minimum Gasteiger partial charge on any atom is -0.355 e. The second-order valence-electron chi connectivity index (χ2n) is 8.37. The lowest BCUT2D eigenvalue weighted by Gasteiger charge is -2.56. The molecular weight excluding hydrogens is 374 g/mol. The highest BCUT2D eigenvalue weighted by atomic mass is 32.2. The van der Waals surface area contributed by atoms with Gasteiger partial charge in [-0.3, -0.25) is 14.6 Å². The topological polar surface area (TPSA) is 69.6 Å². The molecule has 2 amide bonds. The first kappa shape index (κ1) is 18.2. The van der Waals surface area contributed by atoms with E-state index in [1.165, 1.54) is 0 Å². The lowest BCUT2D eigenvalue weighted by Crippen LogP contribution is -2.69. The van der Waals surface area contributed by atoms with E-state index in [1.54, 1.807) is 12.4 Å². The maximum atomic E-state index is 13.6. The lowest BCUT2D eigenvalue weighted by atomic mass is 9.71. The van der Waals surface area contributed by atoms with Gasteiger partial charge in [0.25, 0.3) is 0 Å². The van der Waals surface area contributed by atoms with Crippen LogP contribution in [0.5, 0.6) is 0 Å². The van der Waals surface area contributed by atoms with Crippen molar-refractivity contribution in [1.29, 1.82) is 0 Å². The third-order valence-electron chi connectivity index (χ3n) is 6.79. The van der Waals surface area contributed by atoms with Crippen molar-refractivity contribution in [1.82, 2.24) is 19.8 Å². The Morgan fingerprint density at radius 2 is 1.96 bits per heavy atom. The highest BCUT2D eigenvalue weighted by Crippen LogP contribution is 2.43. The minimum atomic E-state index is -0.309. The van der Waals surface area contributed by atoms with Crippen LogP contribution in [0.1, 0.15) is 25.7 Å². The zero-order valence-corrected chi connectivity index (χ0v) is 16.9. The van der Waals surface area contributed by atoms with Gasteiger partial charge < -0.3 is 14.7 Å². The highest BCUT2D eigenvalue weighted by Gasteiger charge is 2.52. The van der Waals surface area contributed by atoms with Crippen LogP contribution >= 0.6 is 11.8 Å². The van der Waals surface area contributed by atoms with Crippen molar-refractivity contribution in [3.63, 3.8) is 0 Å². The average Bonchev–Trinajstić information content (AvgIpc) is 2.75. The number of hydrogen-bond donors (Lipinski definition) is 0. The van der Waals surface area contributed by atoms with E-state index >= 15 is 0 Å². The summed E-state index contributed by atoms with van der Waals surface area (Å²) in [6, 6.07) is -0.123. The van der Waals surface area contributed by atoms with Gasteiger partial charge in [-0.15, -0.1) is 0 Å². The van der Waals surface area contributed by atoms with Crippen LogP contribution in [0, 0.1) is 11.8 Å². The molecule has 4 saturated heterocycles. The predicted molar refractivity (Wildman–Crippen MR) is 108 cm³/mol. The van der Waals surface area contributed by atoms with Crippen molar-refractivity contribution >= 4 is 29.4 Å². The lowest BCUT2D eigenvalue weighted by molar-refractivity contribution is -0.161. The van der Waals surface area contributed by atoms with E-state index in [1.807, 2.05) is 27.8 Å². The molecule has 5 rings (SSSR count). The smallest absolute Gasteiger partial charge is 0.245 e. The molecule has 4 aliphatic rings. The van der Waals surface area contributed by atoms with Gasteiger partial charge in [-0.1, -0.05) is 0 Å². The Hall–Kier alpha value is -1.83. The maximum Gasteiger partial charge on any atom is 0.245 e. The average molecular weight is 402 g/mol. The molecule has 5 heterocycles. The van der Waals surface area contributed by atoms with Crippen molar-refractivity contribution < 1.29 is 9.59 Å². The normalized spacial score (nSPS) is 32.9. The molecule has 28 heavy (non-hydrogen) atoms. The Balaban J connectivity index is 1.46. The van der Waals surface area contributed by atoms with Crippen LogP contribution in [0.15, 0.2) is 18.6 Å². The fourth-order valence-electron chi connectivity index (χ4n) is 5.59. The number of thioether (sulfide) groups is 1. The number of piperidine rings is 3. The van der Waals surface area contributed by atoms with Crippen LogP contribution in [-0.4, -0.2) is 81.4 Å². The summed E-state index contributed by atoms with van der Waals surface area (Å²) in [5.74, 6) is 3.80. The number of carbonyl (C=O) groups excluding carboxylic acids is 2. The summed E-state index contributed by atoms with van der Waals surface area (Å²) >= 11 is 1.90. The first-order valence-electron chi connectivity index (χ1n) is 10.4. The van der Waals surface area contributed by atoms with Crippen LogP contribution in [0.25, 0.3) is 0 Å². The highest BCUT2D eigenvalue weighted by molar-refractivity contribution is 7.99. The second kappa shape index (κ2) is 7.54. The number of amides is 2. The molecule has 0 N–H and O–H groups in total. The molecule has 4 aliphatic heterocycles. The van der Waals surface area contributed by atoms with Gasteiger partial charge in [0.15, 0.2) is 0 Å². The van der Waals surface area contributed by atoms with E-state index in [0.717, 1.165) is 62.8 Å². The fourth-order valence-corrected chi connectivity index (χ4v) is 6.49. The number of hydrogen-bond acceptors (Lipinski definition) is 6. The van der Waals surface area contributed by atoms with Gasteiger partial charge in [0, 0.05) is 68.5 Å². The maximum absolute atomic E-state index is 13.6. The molecule has 7 nitrogen and oxygen atoms in total. The van der Waals surface area contributed by atoms with Gasteiger partial charge >= 0.3 is 0 Å². The summed E-state index contributed by atoms with van der Waals surface area (Å²) in [7, 11) is 0. The van der Waals surface area contributed by atoms with E-state index in [9.17, 15) is 9.59 Å². The van der Waals surface area contributed by atoms with Crippen LogP contribution in [0.4, 0.5) is 5.82 Å². The summed E-state index contributed by atoms with van der Waals surface area (Å²) in [4.78, 5) is 41.5. The van der Waals surface area contributed by atoms with Crippen molar-refractivity contribution in [2.75, 3.05) is 42.6 Å². The van der Waals surface area contributed by atoms with Crippen LogP contribution in [0.3, 0.4) is 0 Å². The molecule has 150 valence electrons. The SMILES string of the molecule is O=C([C@H]1[C@@H]2C[C@@H](CN(c3cnccn3)C2)[C@@H]2CCCC(=O)N21)N1CCSCC1. The molecule has 0 saturated carbocycles. The summed E-state index contributed by atoms with van der Waals surface area (Å²) in [5, 5.41) is 0. The number of carbonyl (C=O) groups is 2. The molecule has 0 spiro atoms. The van der Waals surface area contributed by atoms with E-state index in [0.29, 0.717) is 12.3 Å². The summed E-state index contributed by atoms with van der Waals surface area (Å²) in [6.45, 7) is 3.27. The Morgan fingerprint density at radius 1 is 1.14 bits per heavy atom. The predicted octanol–water partition coefficient (Wildman–Crippen LogP) is 1.26. The Morgan fingerprint density at radius 3 is 2.75 bits per heavy atom. The quantitative estimate of drug-likeness (QED) is 0.743. The number of anilines is 1. The zero-order valence-electron chi connectivity index (χ0n) is 16.1. The third-order valence-corrected chi connectivity index (χ3v) is 7.73. The zero-order chi connectivity index (χ0) is 19.1. The molecule has 0 radical (unpaired) electrons. The van der Waals surface area contributed by atoms with E-state index in [4.69, 9.17) is 0 Å². The molecule has 0 aromatic carbocycles. The second-order valence-corrected chi connectivity index (χ2v) is 9.59. The van der Waals surface area contributed by atoms with E-state index < -0.39 is 0 Å². The standard InChI is InChI=1S/C20H27N5O2S/c26-18-3-1-2-16-14-10-15(13-24(12-14)17-11-21-4-5-22-17)19(25(16)18)20(27)23-6-8-28-9-7-23/h4-5,11,14-16,19H,1-3,6-10,12-13H2/t14-,15+,16-,19+/m0/s1. The van der Waals surface area contributed by atoms with E-state index in [-0.39, 0.29) is 29.8 Å².